The largest absolute Gasteiger partial charge is 0.263 e. The van der Waals surface area contributed by atoms with Crippen LogP contribution in [0.15, 0.2) is 0 Å². The van der Waals surface area contributed by atoms with Crippen LogP contribution in [0.5, 0.6) is 0 Å². The highest BCUT2D eigenvalue weighted by Gasteiger charge is 2.27. The molecule has 0 aromatic rings. The molecule has 0 N–H and O–H groups in total. The van der Waals surface area contributed by atoms with E-state index in [1.54, 1.807) is 0 Å². The summed E-state index contributed by atoms with van der Waals surface area (Å²) in [4.78, 5) is 0. The van der Waals surface area contributed by atoms with E-state index in [-0.39, 0.29) is 0 Å². The van der Waals surface area contributed by atoms with Gasteiger partial charge >= 0.3 is 0 Å². The van der Waals surface area contributed by atoms with Crippen molar-refractivity contribution in [2.24, 2.45) is 0 Å². The molecule has 0 unspecified atom stereocenters. The van der Waals surface area contributed by atoms with Crippen molar-refractivity contribution >= 4 is 6.34 Å². The second kappa shape index (κ2) is 6.39. The highest BCUT2D eigenvalue weighted by Crippen LogP contribution is 2.13. The van der Waals surface area contributed by atoms with Crippen molar-refractivity contribution in [3.63, 3.8) is 0 Å². The molecule has 0 radical (unpaired) electrons. The van der Waals surface area contributed by atoms with Gasteiger partial charge < -0.3 is 0 Å². The zero-order chi connectivity index (χ0) is 13.0. The number of rotatable bonds is 5. The lowest BCUT2D eigenvalue weighted by Crippen LogP contribution is -2.48. The molecule has 1 heterocycles. The van der Waals surface area contributed by atoms with Gasteiger partial charge in [-0.3, -0.25) is 4.58 Å². The predicted molar refractivity (Wildman–Crippen MR) is 74.4 cm³/mol. The maximum Gasteiger partial charge on any atom is 0.253 e. The lowest BCUT2D eigenvalue weighted by Gasteiger charge is -2.28. The van der Waals surface area contributed by atoms with Crippen LogP contribution in [-0.2, 0) is 0 Å². The van der Waals surface area contributed by atoms with Gasteiger partial charge in [0.25, 0.3) is 6.34 Å². The van der Waals surface area contributed by atoms with Gasteiger partial charge in [0.2, 0.25) is 0 Å². The van der Waals surface area contributed by atoms with Crippen LogP contribution in [0, 0.1) is 0 Å². The molecule has 17 heavy (non-hydrogen) atoms. The second-order valence-electron chi connectivity index (χ2n) is 5.88. The normalized spacial score (nSPS) is 17.2. The van der Waals surface area contributed by atoms with Crippen LogP contribution in [-0.4, -0.2) is 52.1 Å². The summed E-state index contributed by atoms with van der Waals surface area (Å²) in [7, 11) is 0. The Morgan fingerprint density at radius 2 is 1.41 bits per heavy atom. The Bertz CT molecular complexity index is 240. The van der Waals surface area contributed by atoms with E-state index < -0.39 is 0 Å². The molecule has 0 atom stereocenters. The number of hydrogen-bond donors (Lipinski definition) is 0. The molecule has 0 aliphatic carbocycles. The molecule has 0 amide bonds. The van der Waals surface area contributed by atoms with Crippen molar-refractivity contribution in [2.45, 2.75) is 72.5 Å². The summed E-state index contributed by atoms with van der Waals surface area (Å²) in [5.41, 5.74) is 0. The SMILES string of the molecule is CC(C)N(C=[N+](C(C)C)C(C)C)N1CCCC1. The van der Waals surface area contributed by atoms with Gasteiger partial charge in [0, 0.05) is 13.1 Å². The van der Waals surface area contributed by atoms with Crippen molar-refractivity contribution < 1.29 is 4.58 Å². The standard InChI is InChI=1S/C14H30N3/c1-12(2)16(13(3)4)11-17(14(5)6)15-9-7-8-10-15/h11-14H,7-10H2,1-6H3/q+1. The Morgan fingerprint density at radius 1 is 0.941 bits per heavy atom. The third-order valence-electron chi connectivity index (χ3n) is 3.38. The zero-order valence-corrected chi connectivity index (χ0v) is 12.5. The highest BCUT2D eigenvalue weighted by atomic mass is 15.6. The first kappa shape index (κ1) is 14.5. The Hall–Kier alpha value is -0.570. The maximum absolute atomic E-state index is 2.49. The minimum Gasteiger partial charge on any atom is -0.263 e. The lowest BCUT2D eigenvalue weighted by molar-refractivity contribution is -0.588. The summed E-state index contributed by atoms with van der Waals surface area (Å²) in [6.07, 6.45) is 4.99. The Morgan fingerprint density at radius 3 is 1.76 bits per heavy atom. The second-order valence-corrected chi connectivity index (χ2v) is 5.88. The van der Waals surface area contributed by atoms with Gasteiger partial charge in [0.05, 0.1) is 12.1 Å². The third-order valence-corrected chi connectivity index (χ3v) is 3.38. The highest BCUT2D eigenvalue weighted by molar-refractivity contribution is 5.48. The van der Waals surface area contributed by atoms with Crippen molar-refractivity contribution in [3.05, 3.63) is 0 Å². The fourth-order valence-electron chi connectivity index (χ4n) is 2.46. The van der Waals surface area contributed by atoms with E-state index in [1.165, 1.54) is 25.9 Å². The molecule has 0 spiro atoms. The fourth-order valence-corrected chi connectivity index (χ4v) is 2.46. The minimum absolute atomic E-state index is 0.535. The molecule has 1 aliphatic rings. The van der Waals surface area contributed by atoms with Crippen LogP contribution in [0.2, 0.25) is 0 Å². The molecule has 1 rings (SSSR count). The van der Waals surface area contributed by atoms with Crippen LogP contribution >= 0.6 is 0 Å². The van der Waals surface area contributed by atoms with Crippen molar-refractivity contribution in [3.8, 4) is 0 Å². The van der Waals surface area contributed by atoms with Gasteiger partial charge in [-0.1, -0.05) is 0 Å². The fraction of sp³-hybridized carbons (Fsp3) is 0.929. The first-order chi connectivity index (χ1) is 7.93. The van der Waals surface area contributed by atoms with Gasteiger partial charge in [0.1, 0.15) is 6.04 Å². The van der Waals surface area contributed by atoms with Crippen LogP contribution in [0.25, 0.3) is 0 Å². The molecule has 1 fully saturated rings. The molecule has 0 bridgehead atoms. The van der Waals surface area contributed by atoms with Crippen molar-refractivity contribution in [1.29, 1.82) is 0 Å². The minimum atomic E-state index is 0.535. The van der Waals surface area contributed by atoms with Gasteiger partial charge in [-0.15, -0.1) is 5.01 Å². The van der Waals surface area contributed by atoms with E-state index >= 15 is 0 Å². The lowest BCUT2D eigenvalue weighted by atomic mass is 10.3. The summed E-state index contributed by atoms with van der Waals surface area (Å²) in [6, 6.07) is 1.64. The summed E-state index contributed by atoms with van der Waals surface area (Å²) in [5.74, 6) is 0. The molecule has 3 nitrogen and oxygen atoms in total. The van der Waals surface area contributed by atoms with Crippen LogP contribution in [0.3, 0.4) is 0 Å². The molecule has 3 heteroatoms. The smallest absolute Gasteiger partial charge is 0.253 e. The van der Waals surface area contributed by atoms with E-state index in [2.05, 4.69) is 62.5 Å². The summed E-state index contributed by atoms with van der Waals surface area (Å²) in [6.45, 7) is 16.0. The van der Waals surface area contributed by atoms with E-state index in [4.69, 9.17) is 0 Å². The van der Waals surface area contributed by atoms with E-state index in [1.807, 2.05) is 0 Å². The Labute approximate surface area is 107 Å². The van der Waals surface area contributed by atoms with E-state index in [0.29, 0.717) is 18.1 Å². The molecule has 1 saturated heterocycles. The first-order valence-electron chi connectivity index (χ1n) is 7.09. The van der Waals surface area contributed by atoms with E-state index in [9.17, 15) is 0 Å². The topological polar surface area (TPSA) is 9.49 Å². The summed E-state index contributed by atoms with van der Waals surface area (Å²) >= 11 is 0. The Kier molecular flexibility index (Phi) is 5.44. The van der Waals surface area contributed by atoms with Crippen LogP contribution in [0.1, 0.15) is 54.4 Å². The van der Waals surface area contributed by atoms with Gasteiger partial charge in [0.15, 0.2) is 0 Å². The maximum atomic E-state index is 2.49. The van der Waals surface area contributed by atoms with Gasteiger partial charge in [-0.2, -0.15) is 5.01 Å². The molecule has 0 saturated carbocycles. The zero-order valence-electron chi connectivity index (χ0n) is 12.5. The average molecular weight is 240 g/mol. The Balaban J connectivity index is 2.85. The first-order valence-corrected chi connectivity index (χ1v) is 7.09. The third kappa shape index (κ3) is 3.98. The average Bonchev–Trinajstić information content (AvgIpc) is 2.69. The quantitative estimate of drug-likeness (QED) is 0.415. The number of nitrogens with zero attached hydrogens (tertiary/aromatic N) is 3. The summed E-state index contributed by atoms with van der Waals surface area (Å²) < 4.78 is 2.44. The molecule has 0 aromatic carbocycles. The molecular formula is C14H30N3+. The van der Waals surface area contributed by atoms with Crippen LogP contribution in [0.4, 0.5) is 0 Å². The van der Waals surface area contributed by atoms with Crippen LogP contribution < -0.4 is 0 Å². The monoisotopic (exact) mass is 240 g/mol. The summed E-state index contributed by atoms with van der Waals surface area (Å²) in [5, 5.41) is 4.91. The molecule has 0 aromatic heterocycles. The molecule has 1 aliphatic heterocycles. The van der Waals surface area contributed by atoms with Gasteiger partial charge in [-0.05, 0) is 54.4 Å². The van der Waals surface area contributed by atoms with Gasteiger partial charge in [-0.25, -0.2) is 0 Å². The van der Waals surface area contributed by atoms with E-state index in [0.717, 1.165) is 0 Å². The molecular weight excluding hydrogens is 210 g/mol. The number of hydrazine groups is 1. The van der Waals surface area contributed by atoms with Crippen molar-refractivity contribution in [2.75, 3.05) is 13.1 Å². The van der Waals surface area contributed by atoms with Crippen molar-refractivity contribution in [1.82, 2.24) is 10.0 Å². The molecule has 100 valence electrons. The number of hydrogen-bond acceptors (Lipinski definition) is 1. The predicted octanol–water partition coefficient (Wildman–Crippen LogP) is 2.57.